The molecule has 1 fully saturated rings. The number of nitrogens with one attached hydrogen (secondary N) is 3. The van der Waals surface area contributed by atoms with Crippen molar-refractivity contribution in [1.82, 2.24) is 16.0 Å². The molecular formula is C10H19N3O3. The van der Waals surface area contributed by atoms with Crippen LogP contribution in [-0.4, -0.2) is 48.7 Å². The summed E-state index contributed by atoms with van der Waals surface area (Å²) in [4.78, 5) is 22.6. The molecule has 1 heterocycles. The number of rotatable bonds is 4. The molecule has 0 saturated carbocycles. The third-order valence-corrected chi connectivity index (χ3v) is 2.66. The van der Waals surface area contributed by atoms with Crippen molar-refractivity contribution < 1.29 is 14.7 Å². The molecule has 0 aromatic rings. The maximum Gasteiger partial charge on any atom is 0.239 e. The number of hydrogen-bond donors (Lipinski definition) is 4. The van der Waals surface area contributed by atoms with Gasteiger partial charge in [0.05, 0.1) is 19.2 Å². The number of piperazine rings is 1. The largest absolute Gasteiger partial charge is 0.394 e. The number of amides is 2. The SMILES string of the molecule is CC(C)[C@@H](CO)NC(=O)C1CNC(=O)CN1. The number of hydrogen-bond acceptors (Lipinski definition) is 4. The number of aliphatic hydroxyl groups excluding tert-OH is 1. The van der Waals surface area contributed by atoms with Gasteiger partial charge in [-0.3, -0.25) is 14.9 Å². The van der Waals surface area contributed by atoms with Crippen molar-refractivity contribution >= 4 is 11.8 Å². The first-order valence-corrected chi connectivity index (χ1v) is 5.46. The Hall–Kier alpha value is -1.14. The van der Waals surface area contributed by atoms with Gasteiger partial charge in [0.2, 0.25) is 11.8 Å². The Morgan fingerprint density at radius 3 is 2.75 bits per heavy atom. The summed E-state index contributed by atoms with van der Waals surface area (Å²) in [6.45, 7) is 4.22. The summed E-state index contributed by atoms with van der Waals surface area (Å²) in [5.74, 6) is -0.119. The zero-order valence-electron chi connectivity index (χ0n) is 9.62. The first-order chi connectivity index (χ1) is 7.54. The molecule has 92 valence electrons. The van der Waals surface area contributed by atoms with Gasteiger partial charge in [-0.2, -0.15) is 0 Å². The fourth-order valence-corrected chi connectivity index (χ4v) is 1.46. The highest BCUT2D eigenvalue weighted by Gasteiger charge is 2.26. The Morgan fingerprint density at radius 2 is 2.31 bits per heavy atom. The highest BCUT2D eigenvalue weighted by Crippen LogP contribution is 2.01. The van der Waals surface area contributed by atoms with Gasteiger partial charge >= 0.3 is 0 Å². The second-order valence-corrected chi connectivity index (χ2v) is 4.28. The highest BCUT2D eigenvalue weighted by atomic mass is 16.3. The lowest BCUT2D eigenvalue weighted by Crippen LogP contribution is -2.59. The van der Waals surface area contributed by atoms with Gasteiger partial charge in [0.1, 0.15) is 6.04 Å². The Labute approximate surface area is 94.8 Å². The molecular weight excluding hydrogens is 210 g/mol. The van der Waals surface area contributed by atoms with Crippen molar-refractivity contribution in [2.24, 2.45) is 5.92 Å². The van der Waals surface area contributed by atoms with Gasteiger partial charge in [-0.1, -0.05) is 13.8 Å². The molecule has 0 radical (unpaired) electrons. The molecule has 1 saturated heterocycles. The molecule has 1 aliphatic heterocycles. The summed E-state index contributed by atoms with van der Waals surface area (Å²) in [6.07, 6.45) is 0. The zero-order valence-corrected chi connectivity index (χ0v) is 9.62. The van der Waals surface area contributed by atoms with Crippen LogP contribution in [0.25, 0.3) is 0 Å². The molecule has 2 amide bonds. The van der Waals surface area contributed by atoms with Crippen LogP contribution in [0.1, 0.15) is 13.8 Å². The van der Waals surface area contributed by atoms with E-state index in [2.05, 4.69) is 16.0 Å². The molecule has 2 atom stereocenters. The predicted molar refractivity (Wildman–Crippen MR) is 58.7 cm³/mol. The Balaban J connectivity index is 2.42. The van der Waals surface area contributed by atoms with Gasteiger partial charge in [-0.05, 0) is 5.92 Å². The minimum Gasteiger partial charge on any atom is -0.394 e. The summed E-state index contributed by atoms with van der Waals surface area (Å²) in [6, 6.07) is -0.655. The number of aliphatic hydroxyl groups is 1. The van der Waals surface area contributed by atoms with E-state index in [1.807, 2.05) is 13.8 Å². The molecule has 6 nitrogen and oxygen atoms in total. The molecule has 0 aliphatic carbocycles. The van der Waals surface area contributed by atoms with E-state index in [4.69, 9.17) is 5.11 Å². The van der Waals surface area contributed by atoms with Crippen LogP contribution in [0.3, 0.4) is 0 Å². The maximum atomic E-state index is 11.7. The summed E-state index contributed by atoms with van der Waals surface area (Å²) < 4.78 is 0. The van der Waals surface area contributed by atoms with Crippen LogP contribution in [0, 0.1) is 5.92 Å². The maximum absolute atomic E-state index is 11.7. The Bertz CT molecular complexity index is 258. The first kappa shape index (κ1) is 12.9. The first-order valence-electron chi connectivity index (χ1n) is 5.46. The van der Waals surface area contributed by atoms with E-state index in [1.165, 1.54) is 0 Å². The summed E-state index contributed by atoms with van der Waals surface area (Å²) in [5, 5.41) is 17.3. The third-order valence-electron chi connectivity index (χ3n) is 2.66. The van der Waals surface area contributed by atoms with E-state index in [1.54, 1.807) is 0 Å². The average molecular weight is 229 g/mol. The van der Waals surface area contributed by atoms with Gasteiger partial charge in [-0.25, -0.2) is 0 Å². The molecule has 1 aliphatic rings. The van der Waals surface area contributed by atoms with Crippen LogP contribution in [-0.2, 0) is 9.59 Å². The smallest absolute Gasteiger partial charge is 0.239 e. The fourth-order valence-electron chi connectivity index (χ4n) is 1.46. The van der Waals surface area contributed by atoms with Crippen molar-refractivity contribution in [3.8, 4) is 0 Å². The second-order valence-electron chi connectivity index (χ2n) is 4.28. The lowest BCUT2D eigenvalue weighted by Gasteiger charge is -2.26. The van der Waals surface area contributed by atoms with E-state index in [0.29, 0.717) is 6.54 Å². The predicted octanol–water partition coefficient (Wildman–Crippen LogP) is -1.79. The lowest BCUT2D eigenvalue weighted by atomic mass is 10.0. The van der Waals surface area contributed by atoms with E-state index in [9.17, 15) is 9.59 Å². The van der Waals surface area contributed by atoms with Crippen molar-refractivity contribution in [1.29, 1.82) is 0 Å². The van der Waals surface area contributed by atoms with Gasteiger partial charge < -0.3 is 15.7 Å². The van der Waals surface area contributed by atoms with Crippen LogP contribution in [0.5, 0.6) is 0 Å². The van der Waals surface area contributed by atoms with Crippen molar-refractivity contribution in [3.05, 3.63) is 0 Å². The Kier molecular flexibility index (Phi) is 4.70. The third kappa shape index (κ3) is 3.46. The summed E-state index contributed by atoms with van der Waals surface area (Å²) in [5.41, 5.74) is 0. The molecule has 16 heavy (non-hydrogen) atoms. The zero-order chi connectivity index (χ0) is 12.1. The van der Waals surface area contributed by atoms with Crippen molar-refractivity contribution in [3.63, 3.8) is 0 Å². The normalized spacial score (nSPS) is 22.8. The highest BCUT2D eigenvalue weighted by molar-refractivity contribution is 5.86. The van der Waals surface area contributed by atoms with Crippen molar-refractivity contribution in [2.45, 2.75) is 25.9 Å². The molecule has 0 bridgehead atoms. The molecule has 0 spiro atoms. The topological polar surface area (TPSA) is 90.5 Å². The molecule has 6 heteroatoms. The van der Waals surface area contributed by atoms with E-state index >= 15 is 0 Å². The van der Waals surface area contributed by atoms with Crippen LogP contribution in [0.4, 0.5) is 0 Å². The minimum absolute atomic E-state index is 0.0809. The number of carbonyl (C=O) groups is 2. The summed E-state index contributed by atoms with van der Waals surface area (Å²) >= 11 is 0. The van der Waals surface area contributed by atoms with Gasteiger partial charge in [0, 0.05) is 6.54 Å². The average Bonchev–Trinajstić information content (AvgIpc) is 2.26. The van der Waals surface area contributed by atoms with E-state index in [0.717, 1.165) is 0 Å². The van der Waals surface area contributed by atoms with Crippen molar-refractivity contribution in [2.75, 3.05) is 19.7 Å². The summed E-state index contributed by atoms with van der Waals surface area (Å²) in [7, 11) is 0. The molecule has 1 rings (SSSR count). The van der Waals surface area contributed by atoms with E-state index in [-0.39, 0.29) is 36.9 Å². The van der Waals surface area contributed by atoms with Crippen LogP contribution in [0.15, 0.2) is 0 Å². The quantitative estimate of drug-likeness (QED) is 0.458. The van der Waals surface area contributed by atoms with Crippen LogP contribution in [0.2, 0.25) is 0 Å². The molecule has 4 N–H and O–H groups in total. The molecule has 0 aromatic heterocycles. The van der Waals surface area contributed by atoms with Gasteiger partial charge in [-0.15, -0.1) is 0 Å². The number of carbonyl (C=O) groups excluding carboxylic acids is 2. The monoisotopic (exact) mass is 229 g/mol. The fraction of sp³-hybridized carbons (Fsp3) is 0.800. The lowest BCUT2D eigenvalue weighted by molar-refractivity contribution is -0.127. The second kappa shape index (κ2) is 5.81. The standard InChI is InChI=1S/C10H19N3O3/c1-6(2)8(5-14)13-10(16)7-3-12-9(15)4-11-7/h6-8,11,14H,3-5H2,1-2H3,(H,12,15)(H,13,16)/t7?,8-/m1/s1. The van der Waals surface area contributed by atoms with E-state index < -0.39 is 6.04 Å². The van der Waals surface area contributed by atoms with Gasteiger partial charge in [0.15, 0.2) is 0 Å². The molecule has 1 unspecified atom stereocenters. The Morgan fingerprint density at radius 1 is 1.62 bits per heavy atom. The van der Waals surface area contributed by atoms with Crippen LogP contribution >= 0.6 is 0 Å². The molecule has 0 aromatic carbocycles. The minimum atomic E-state index is -0.412. The van der Waals surface area contributed by atoms with Gasteiger partial charge in [0.25, 0.3) is 0 Å². The van der Waals surface area contributed by atoms with Crippen LogP contribution < -0.4 is 16.0 Å².